The third kappa shape index (κ3) is 4.70. The number of aryl methyl sites for hydroxylation is 2. The summed E-state index contributed by atoms with van der Waals surface area (Å²) in [5.41, 5.74) is 0.257. The van der Waals surface area contributed by atoms with Gasteiger partial charge in [0.05, 0.1) is 25.4 Å². The van der Waals surface area contributed by atoms with Crippen molar-refractivity contribution in [1.29, 1.82) is 0 Å². The van der Waals surface area contributed by atoms with Gasteiger partial charge in [-0.1, -0.05) is 29.5 Å². The summed E-state index contributed by atoms with van der Waals surface area (Å²) in [6, 6.07) is 7.35. The highest BCUT2D eigenvalue weighted by Gasteiger charge is 2.41. The number of ether oxygens (including phenoxy) is 1. The van der Waals surface area contributed by atoms with Crippen LogP contribution in [-0.4, -0.2) is 65.4 Å². The molecule has 2 fully saturated rings. The average molecular weight is 489 g/mol. The number of halogens is 1. The lowest BCUT2D eigenvalue weighted by Crippen LogP contribution is -2.49. The van der Waals surface area contributed by atoms with Gasteiger partial charge in [-0.15, -0.1) is 10.2 Å². The van der Waals surface area contributed by atoms with Gasteiger partial charge >= 0.3 is 5.69 Å². The molecule has 2 aromatic heterocycles. The molecule has 2 bridgehead atoms. The molecule has 11 heteroatoms. The molecule has 4 heterocycles. The monoisotopic (exact) mass is 488 g/mol. The highest BCUT2D eigenvalue weighted by molar-refractivity contribution is 7.13. The molecule has 3 unspecified atom stereocenters. The lowest BCUT2D eigenvalue weighted by molar-refractivity contribution is -0.0408. The fraction of sp³-hybridized carbons (Fsp3) is 0.565. The van der Waals surface area contributed by atoms with Crippen LogP contribution in [-0.2, 0) is 17.9 Å². The minimum absolute atomic E-state index is 0.0850. The van der Waals surface area contributed by atoms with Gasteiger partial charge in [0.25, 0.3) is 0 Å². The number of benzene rings is 1. The molecule has 182 valence electrons. The lowest BCUT2D eigenvalue weighted by Gasteiger charge is -2.39. The molecule has 1 N–H and O–H groups in total. The fourth-order valence-electron chi connectivity index (χ4n) is 5.21. The van der Waals surface area contributed by atoms with E-state index in [0.717, 1.165) is 30.7 Å². The van der Waals surface area contributed by atoms with Gasteiger partial charge in [-0.25, -0.2) is 18.4 Å². The van der Waals surface area contributed by atoms with Crippen molar-refractivity contribution >= 4 is 11.3 Å². The van der Waals surface area contributed by atoms with E-state index in [-0.39, 0.29) is 30.8 Å². The molecule has 34 heavy (non-hydrogen) atoms. The molecular formula is C23H29FN6O3S. The quantitative estimate of drug-likeness (QED) is 0.519. The first kappa shape index (κ1) is 23.3. The Morgan fingerprint density at radius 3 is 2.59 bits per heavy atom. The van der Waals surface area contributed by atoms with E-state index < -0.39 is 6.10 Å². The van der Waals surface area contributed by atoms with Gasteiger partial charge in [0.2, 0.25) is 5.13 Å². The normalized spacial score (nSPS) is 23.5. The predicted molar refractivity (Wildman–Crippen MR) is 124 cm³/mol. The molecule has 0 amide bonds. The van der Waals surface area contributed by atoms with Crippen LogP contribution in [0.5, 0.6) is 0 Å². The van der Waals surface area contributed by atoms with Gasteiger partial charge in [0.1, 0.15) is 16.6 Å². The van der Waals surface area contributed by atoms with Crippen molar-refractivity contribution in [3.05, 3.63) is 57.0 Å². The summed E-state index contributed by atoms with van der Waals surface area (Å²) in [5, 5.41) is 24.4. The van der Waals surface area contributed by atoms with Crippen LogP contribution >= 0.6 is 11.3 Å². The van der Waals surface area contributed by atoms with Crippen LogP contribution in [0, 0.1) is 19.7 Å². The Labute approximate surface area is 200 Å². The Morgan fingerprint density at radius 1 is 1.18 bits per heavy atom. The number of fused-ring (bicyclic) bond motifs is 2. The molecule has 1 aromatic carbocycles. The molecule has 2 saturated heterocycles. The smallest absolute Gasteiger partial charge is 0.352 e. The first-order valence-corrected chi connectivity index (χ1v) is 12.5. The van der Waals surface area contributed by atoms with E-state index in [1.54, 1.807) is 19.1 Å². The molecule has 2 aliphatic rings. The van der Waals surface area contributed by atoms with E-state index in [4.69, 9.17) is 4.74 Å². The summed E-state index contributed by atoms with van der Waals surface area (Å²) in [5.74, 6) is 0.279. The fourth-order valence-corrected chi connectivity index (χ4v) is 5.94. The minimum Gasteiger partial charge on any atom is -0.390 e. The van der Waals surface area contributed by atoms with Crippen molar-refractivity contribution in [1.82, 2.24) is 29.4 Å². The van der Waals surface area contributed by atoms with E-state index in [1.165, 1.54) is 26.7 Å². The van der Waals surface area contributed by atoms with Gasteiger partial charge in [-0.2, -0.15) is 5.10 Å². The van der Waals surface area contributed by atoms with Gasteiger partial charge in [0.15, 0.2) is 0 Å². The second-order valence-corrected chi connectivity index (χ2v) is 10.3. The molecular weight excluding hydrogens is 459 g/mol. The Morgan fingerprint density at radius 2 is 1.91 bits per heavy atom. The Kier molecular flexibility index (Phi) is 6.61. The molecule has 2 aliphatic heterocycles. The molecule has 0 radical (unpaired) electrons. The van der Waals surface area contributed by atoms with Gasteiger partial charge in [-0.05, 0) is 45.6 Å². The zero-order chi connectivity index (χ0) is 23.8. The van der Waals surface area contributed by atoms with E-state index >= 15 is 0 Å². The van der Waals surface area contributed by atoms with Crippen LogP contribution in [0.25, 0.3) is 5.13 Å². The summed E-state index contributed by atoms with van der Waals surface area (Å²) in [7, 11) is 0. The zero-order valence-electron chi connectivity index (χ0n) is 19.3. The molecule has 5 rings (SSSR count). The topological polar surface area (TPSA) is 98.3 Å². The number of piperidine rings is 1. The summed E-state index contributed by atoms with van der Waals surface area (Å²) in [6.45, 7) is 4.45. The zero-order valence-corrected chi connectivity index (χ0v) is 20.1. The highest BCUT2D eigenvalue weighted by atomic mass is 32.1. The maximum Gasteiger partial charge on any atom is 0.352 e. The molecule has 0 saturated carbocycles. The highest BCUT2D eigenvalue weighted by Crippen LogP contribution is 2.37. The first-order valence-electron chi connectivity index (χ1n) is 11.6. The summed E-state index contributed by atoms with van der Waals surface area (Å²) >= 11 is 1.33. The van der Waals surface area contributed by atoms with Crippen molar-refractivity contribution in [2.24, 2.45) is 0 Å². The molecule has 0 aliphatic carbocycles. The Bertz CT molecular complexity index is 1200. The third-order valence-corrected chi connectivity index (χ3v) is 7.61. The lowest BCUT2D eigenvalue weighted by atomic mass is 9.99. The maximum absolute atomic E-state index is 13.9. The molecule has 3 aromatic rings. The summed E-state index contributed by atoms with van der Waals surface area (Å²) in [4.78, 5) is 15.2. The largest absolute Gasteiger partial charge is 0.390 e. The van der Waals surface area contributed by atoms with E-state index in [2.05, 4.69) is 20.2 Å². The Hall–Kier alpha value is -2.47. The summed E-state index contributed by atoms with van der Waals surface area (Å²) < 4.78 is 22.7. The first-order chi connectivity index (χ1) is 16.4. The second kappa shape index (κ2) is 9.65. The second-order valence-electron chi connectivity index (χ2n) is 9.18. The van der Waals surface area contributed by atoms with Crippen LogP contribution in [0.3, 0.4) is 0 Å². The van der Waals surface area contributed by atoms with Crippen molar-refractivity contribution in [3.63, 3.8) is 0 Å². The van der Waals surface area contributed by atoms with Gasteiger partial charge in [-0.3, -0.25) is 4.90 Å². The number of aliphatic hydroxyl groups excluding tert-OH is 1. The maximum atomic E-state index is 13.9. The third-order valence-electron chi connectivity index (χ3n) is 6.79. The van der Waals surface area contributed by atoms with Crippen molar-refractivity contribution in [2.45, 2.75) is 77.0 Å². The number of aliphatic hydroxyl groups is 1. The van der Waals surface area contributed by atoms with Crippen LogP contribution in [0.1, 0.15) is 42.1 Å². The van der Waals surface area contributed by atoms with Crippen LogP contribution < -0.4 is 5.69 Å². The van der Waals surface area contributed by atoms with Crippen molar-refractivity contribution < 1.29 is 14.2 Å². The van der Waals surface area contributed by atoms with E-state index in [9.17, 15) is 14.3 Å². The number of aromatic nitrogens is 5. The molecule has 9 nitrogen and oxygen atoms in total. The minimum atomic E-state index is -0.726. The number of rotatable bonds is 8. The average Bonchev–Trinajstić information content (AvgIpc) is 3.40. The molecule has 0 spiro atoms. The van der Waals surface area contributed by atoms with Crippen LogP contribution in [0.2, 0.25) is 0 Å². The van der Waals surface area contributed by atoms with E-state index in [0.29, 0.717) is 35.1 Å². The van der Waals surface area contributed by atoms with Crippen molar-refractivity contribution in [2.75, 3.05) is 6.54 Å². The summed E-state index contributed by atoms with van der Waals surface area (Å²) in [6.07, 6.45) is 3.20. The van der Waals surface area contributed by atoms with Gasteiger partial charge in [0, 0.05) is 24.2 Å². The number of hydrogen-bond acceptors (Lipinski definition) is 8. The number of nitrogens with zero attached hydrogens (tertiary/aromatic N) is 6. The van der Waals surface area contributed by atoms with Crippen LogP contribution in [0.4, 0.5) is 4.39 Å². The SMILES string of the molecule is Cc1nnc(-n2c(C)nn(CC(O)CN3C4CCC3CC(OCc3ccccc3F)C4)c2=O)s1. The molecule has 3 atom stereocenters. The number of hydrogen-bond donors (Lipinski definition) is 1. The van der Waals surface area contributed by atoms with Gasteiger partial charge < -0.3 is 9.84 Å². The van der Waals surface area contributed by atoms with Crippen molar-refractivity contribution in [3.8, 4) is 5.13 Å². The predicted octanol–water partition coefficient (Wildman–Crippen LogP) is 2.21. The Balaban J connectivity index is 1.18. The standard InChI is InChI=1S/C23H29FN6O3S/c1-14-27-29(23(32)30(14)22-26-25-15(2)34-22)12-19(31)11-28-17-7-8-18(28)10-20(9-17)33-13-16-5-3-4-6-21(16)24/h3-6,17-20,31H,7-13H2,1-2H3. The van der Waals surface area contributed by atoms with Crippen LogP contribution in [0.15, 0.2) is 29.1 Å². The van der Waals surface area contributed by atoms with E-state index in [1.807, 2.05) is 13.0 Å².